The minimum absolute atomic E-state index is 0.0261. The number of aromatic nitrogens is 2. The number of hydrogen-bond donors (Lipinski definition) is 2. The predicted molar refractivity (Wildman–Crippen MR) is 46.7 cm³/mol. The Bertz CT molecular complexity index is 259. The van der Waals surface area contributed by atoms with Crippen molar-refractivity contribution in [1.29, 1.82) is 0 Å². The van der Waals surface area contributed by atoms with Crippen LogP contribution in [0, 0.1) is 0 Å². The first-order valence-corrected chi connectivity index (χ1v) is 3.80. The smallest absolute Gasteiger partial charge is 0.164 e. The summed E-state index contributed by atoms with van der Waals surface area (Å²) in [7, 11) is 0. The lowest BCUT2D eigenvalue weighted by molar-refractivity contribution is 0.567. The van der Waals surface area contributed by atoms with Gasteiger partial charge in [0.25, 0.3) is 0 Å². The van der Waals surface area contributed by atoms with E-state index in [0.29, 0.717) is 10.8 Å². The molecule has 0 spiro atoms. The van der Waals surface area contributed by atoms with Crippen LogP contribution in [0.3, 0.4) is 0 Å². The molecule has 0 aliphatic carbocycles. The Hall–Kier alpha value is -0.700. The quantitative estimate of drug-likeness (QED) is 0.630. The molecule has 0 unspecified atom stereocenters. The molecule has 1 heterocycles. The molecule has 0 amide bonds. The van der Waals surface area contributed by atoms with Crippen LogP contribution in [-0.4, -0.2) is 10.2 Å². The number of nitrogen functional groups attached to an aromatic ring is 1. The summed E-state index contributed by atoms with van der Waals surface area (Å²) in [5, 5.41) is 7.15. The molecule has 1 aromatic rings. The van der Waals surface area contributed by atoms with Crippen molar-refractivity contribution in [2.45, 2.75) is 26.2 Å². The maximum absolute atomic E-state index is 5.87. The van der Waals surface area contributed by atoms with E-state index in [-0.39, 0.29) is 5.41 Å². The third-order valence-electron chi connectivity index (χ3n) is 1.48. The first-order chi connectivity index (χ1) is 4.93. The largest absolute Gasteiger partial charge is 0.381 e. The van der Waals surface area contributed by atoms with Gasteiger partial charge in [-0.05, 0) is 0 Å². The van der Waals surface area contributed by atoms with E-state index >= 15 is 0 Å². The van der Waals surface area contributed by atoms with Crippen molar-refractivity contribution in [3.63, 3.8) is 0 Å². The van der Waals surface area contributed by atoms with Crippen molar-refractivity contribution in [3.05, 3.63) is 10.7 Å². The van der Waals surface area contributed by atoms with Crippen LogP contribution in [0.4, 0.5) is 5.82 Å². The average molecular weight is 174 g/mol. The standard InChI is InChI=1S/C7H12ClN3/c1-7(2,3)5-4(8)6(9)11-10-5/h1-3H3,(H3,9,10,11). The minimum atomic E-state index is -0.0261. The summed E-state index contributed by atoms with van der Waals surface area (Å²) in [6.07, 6.45) is 0. The summed E-state index contributed by atoms with van der Waals surface area (Å²) in [6, 6.07) is 0. The number of anilines is 1. The molecule has 62 valence electrons. The second-order valence-corrected chi connectivity index (χ2v) is 3.93. The third kappa shape index (κ3) is 1.48. The topological polar surface area (TPSA) is 54.7 Å². The van der Waals surface area contributed by atoms with Gasteiger partial charge in [-0.25, -0.2) is 0 Å². The normalized spacial score (nSPS) is 12.0. The Morgan fingerprint density at radius 1 is 1.45 bits per heavy atom. The van der Waals surface area contributed by atoms with Crippen LogP contribution in [0.5, 0.6) is 0 Å². The number of halogens is 1. The van der Waals surface area contributed by atoms with Crippen molar-refractivity contribution in [1.82, 2.24) is 10.2 Å². The van der Waals surface area contributed by atoms with Gasteiger partial charge >= 0.3 is 0 Å². The van der Waals surface area contributed by atoms with Gasteiger partial charge in [-0.2, -0.15) is 5.10 Å². The van der Waals surface area contributed by atoms with Crippen LogP contribution in [0.15, 0.2) is 0 Å². The minimum Gasteiger partial charge on any atom is -0.381 e. The SMILES string of the molecule is CC(C)(C)c1[nH]nc(N)c1Cl. The van der Waals surface area contributed by atoms with Crippen molar-refractivity contribution in [2.24, 2.45) is 0 Å². The van der Waals surface area contributed by atoms with E-state index in [9.17, 15) is 0 Å². The Balaban J connectivity index is 3.15. The van der Waals surface area contributed by atoms with Crippen LogP contribution in [0.25, 0.3) is 0 Å². The van der Waals surface area contributed by atoms with Gasteiger partial charge in [0.15, 0.2) is 5.82 Å². The lowest BCUT2D eigenvalue weighted by atomic mass is 9.92. The van der Waals surface area contributed by atoms with E-state index in [1.54, 1.807) is 0 Å². The lowest BCUT2D eigenvalue weighted by Crippen LogP contribution is -2.12. The molecule has 11 heavy (non-hydrogen) atoms. The molecule has 3 nitrogen and oxygen atoms in total. The summed E-state index contributed by atoms with van der Waals surface area (Å²) in [5.74, 6) is 0.372. The van der Waals surface area contributed by atoms with Crippen LogP contribution in [0.1, 0.15) is 26.5 Å². The monoisotopic (exact) mass is 173 g/mol. The zero-order valence-corrected chi connectivity index (χ0v) is 7.66. The molecule has 0 saturated heterocycles. The molecule has 0 atom stereocenters. The number of nitrogens with two attached hydrogens (primary N) is 1. The fourth-order valence-corrected chi connectivity index (χ4v) is 1.21. The predicted octanol–water partition coefficient (Wildman–Crippen LogP) is 1.94. The third-order valence-corrected chi connectivity index (χ3v) is 1.87. The second kappa shape index (κ2) is 2.41. The molecular weight excluding hydrogens is 162 g/mol. The van der Waals surface area contributed by atoms with E-state index in [1.807, 2.05) is 20.8 Å². The average Bonchev–Trinajstić information content (AvgIpc) is 2.11. The van der Waals surface area contributed by atoms with Crippen molar-refractivity contribution < 1.29 is 0 Å². The molecule has 4 heteroatoms. The number of nitrogens with zero attached hydrogens (tertiary/aromatic N) is 1. The maximum atomic E-state index is 5.87. The molecule has 0 aromatic carbocycles. The lowest BCUT2D eigenvalue weighted by Gasteiger charge is -2.15. The zero-order chi connectivity index (χ0) is 8.65. The van der Waals surface area contributed by atoms with Gasteiger partial charge < -0.3 is 5.73 Å². The number of hydrogen-bond acceptors (Lipinski definition) is 2. The van der Waals surface area contributed by atoms with E-state index in [4.69, 9.17) is 17.3 Å². The highest BCUT2D eigenvalue weighted by atomic mass is 35.5. The van der Waals surface area contributed by atoms with E-state index < -0.39 is 0 Å². The molecule has 0 fully saturated rings. The maximum Gasteiger partial charge on any atom is 0.164 e. The molecule has 0 saturated carbocycles. The molecule has 0 aliphatic rings. The van der Waals surface area contributed by atoms with Crippen molar-refractivity contribution >= 4 is 17.4 Å². The van der Waals surface area contributed by atoms with Gasteiger partial charge in [0.1, 0.15) is 5.02 Å². The number of aromatic amines is 1. The zero-order valence-electron chi connectivity index (χ0n) is 6.90. The fourth-order valence-electron chi connectivity index (χ4n) is 0.839. The van der Waals surface area contributed by atoms with Gasteiger partial charge in [0, 0.05) is 5.41 Å². The number of rotatable bonds is 0. The van der Waals surface area contributed by atoms with E-state index in [0.717, 1.165) is 5.69 Å². The van der Waals surface area contributed by atoms with Crippen LogP contribution in [-0.2, 0) is 5.41 Å². The van der Waals surface area contributed by atoms with Crippen molar-refractivity contribution in [2.75, 3.05) is 5.73 Å². The Morgan fingerprint density at radius 2 is 2.00 bits per heavy atom. The van der Waals surface area contributed by atoms with Gasteiger partial charge in [0.2, 0.25) is 0 Å². The molecular formula is C7H12ClN3. The highest BCUT2D eigenvalue weighted by Crippen LogP contribution is 2.30. The summed E-state index contributed by atoms with van der Waals surface area (Å²) in [5.41, 5.74) is 6.32. The van der Waals surface area contributed by atoms with Gasteiger partial charge in [-0.3, -0.25) is 5.10 Å². The first-order valence-electron chi connectivity index (χ1n) is 3.42. The molecule has 1 rings (SSSR count). The molecule has 3 N–H and O–H groups in total. The Labute approximate surface area is 70.9 Å². The van der Waals surface area contributed by atoms with Gasteiger partial charge in [0.05, 0.1) is 5.69 Å². The molecule has 1 aromatic heterocycles. The number of nitrogens with one attached hydrogen (secondary N) is 1. The Kier molecular flexibility index (Phi) is 1.84. The van der Waals surface area contributed by atoms with Gasteiger partial charge in [-0.1, -0.05) is 32.4 Å². The van der Waals surface area contributed by atoms with E-state index in [2.05, 4.69) is 10.2 Å². The molecule has 0 aliphatic heterocycles. The van der Waals surface area contributed by atoms with Crippen molar-refractivity contribution in [3.8, 4) is 0 Å². The molecule has 0 radical (unpaired) electrons. The highest BCUT2D eigenvalue weighted by Gasteiger charge is 2.21. The second-order valence-electron chi connectivity index (χ2n) is 3.55. The van der Waals surface area contributed by atoms with Crippen LogP contribution < -0.4 is 5.73 Å². The molecule has 0 bridgehead atoms. The summed E-state index contributed by atoms with van der Waals surface area (Å²) in [6.45, 7) is 6.14. The highest BCUT2D eigenvalue weighted by molar-refractivity contribution is 6.33. The van der Waals surface area contributed by atoms with E-state index in [1.165, 1.54) is 0 Å². The van der Waals surface area contributed by atoms with Gasteiger partial charge in [-0.15, -0.1) is 0 Å². The summed E-state index contributed by atoms with van der Waals surface area (Å²) >= 11 is 5.87. The Morgan fingerprint density at radius 3 is 2.18 bits per heavy atom. The summed E-state index contributed by atoms with van der Waals surface area (Å²) < 4.78 is 0. The number of H-pyrrole nitrogens is 1. The van der Waals surface area contributed by atoms with Crippen LogP contribution >= 0.6 is 11.6 Å². The van der Waals surface area contributed by atoms with Crippen LogP contribution in [0.2, 0.25) is 5.02 Å². The first kappa shape index (κ1) is 8.40. The summed E-state index contributed by atoms with van der Waals surface area (Å²) in [4.78, 5) is 0. The fraction of sp³-hybridized carbons (Fsp3) is 0.571.